The fourth-order valence-electron chi connectivity index (χ4n) is 3.84. The van der Waals surface area contributed by atoms with Crippen molar-refractivity contribution in [3.8, 4) is 11.5 Å². The van der Waals surface area contributed by atoms with Gasteiger partial charge in [0.25, 0.3) is 0 Å². The number of rotatable bonds is 10. The Kier molecular flexibility index (Phi) is 8.83. The SMILES string of the molecule is COc1ccc(C(=O)CCC(=O)NC2CCN(CC(=O)Nc3ccccc3)CC2)cc1OC. The number of hydrogen-bond donors (Lipinski definition) is 2. The van der Waals surface area contributed by atoms with E-state index in [1.54, 1.807) is 18.2 Å². The van der Waals surface area contributed by atoms with Crippen molar-refractivity contribution in [2.24, 2.45) is 0 Å². The molecule has 3 rings (SSSR count). The largest absolute Gasteiger partial charge is 0.493 e. The second-order valence-electron chi connectivity index (χ2n) is 8.03. The van der Waals surface area contributed by atoms with Gasteiger partial charge in [0.15, 0.2) is 17.3 Å². The number of piperidine rings is 1. The Balaban J connectivity index is 1.37. The number of methoxy groups -OCH3 is 2. The number of likely N-dealkylation sites (tertiary alicyclic amines) is 1. The number of para-hydroxylation sites is 1. The van der Waals surface area contributed by atoms with Gasteiger partial charge in [-0.05, 0) is 43.2 Å². The van der Waals surface area contributed by atoms with Crippen LogP contribution in [0.25, 0.3) is 0 Å². The molecule has 0 spiro atoms. The lowest BCUT2D eigenvalue weighted by Gasteiger charge is -2.31. The zero-order valence-electron chi connectivity index (χ0n) is 19.1. The molecule has 0 bridgehead atoms. The third-order valence-electron chi connectivity index (χ3n) is 5.66. The summed E-state index contributed by atoms with van der Waals surface area (Å²) in [5.74, 6) is 0.736. The van der Waals surface area contributed by atoms with Crippen molar-refractivity contribution >= 4 is 23.3 Å². The first-order chi connectivity index (χ1) is 16.0. The molecular weight excluding hydrogens is 422 g/mol. The molecule has 176 valence electrons. The van der Waals surface area contributed by atoms with E-state index in [0.29, 0.717) is 23.6 Å². The second kappa shape index (κ2) is 12.0. The van der Waals surface area contributed by atoms with Gasteiger partial charge in [-0.2, -0.15) is 0 Å². The summed E-state index contributed by atoms with van der Waals surface area (Å²) in [6.45, 7) is 1.80. The Morgan fingerprint density at radius 2 is 1.61 bits per heavy atom. The number of nitrogens with zero attached hydrogens (tertiary/aromatic N) is 1. The van der Waals surface area contributed by atoms with Gasteiger partial charge in [0.2, 0.25) is 11.8 Å². The highest BCUT2D eigenvalue weighted by atomic mass is 16.5. The van der Waals surface area contributed by atoms with Crippen LogP contribution in [0.4, 0.5) is 5.69 Å². The van der Waals surface area contributed by atoms with Crippen molar-refractivity contribution in [1.82, 2.24) is 10.2 Å². The van der Waals surface area contributed by atoms with Gasteiger partial charge in [0, 0.05) is 43.2 Å². The van der Waals surface area contributed by atoms with Gasteiger partial charge >= 0.3 is 0 Å². The van der Waals surface area contributed by atoms with E-state index in [-0.39, 0.29) is 36.5 Å². The van der Waals surface area contributed by atoms with Gasteiger partial charge in [0.1, 0.15) is 0 Å². The molecule has 0 aromatic heterocycles. The van der Waals surface area contributed by atoms with Crippen LogP contribution >= 0.6 is 0 Å². The van der Waals surface area contributed by atoms with Gasteiger partial charge in [-0.3, -0.25) is 19.3 Å². The van der Waals surface area contributed by atoms with E-state index in [0.717, 1.165) is 31.6 Å². The minimum absolute atomic E-state index is 0.0441. The molecule has 0 aliphatic carbocycles. The molecule has 1 aliphatic heterocycles. The predicted octanol–water partition coefficient (Wildman–Crippen LogP) is 2.89. The van der Waals surface area contributed by atoms with Gasteiger partial charge < -0.3 is 20.1 Å². The predicted molar refractivity (Wildman–Crippen MR) is 126 cm³/mol. The lowest BCUT2D eigenvalue weighted by atomic mass is 10.0. The molecule has 1 heterocycles. The number of hydrogen-bond acceptors (Lipinski definition) is 6. The number of ketones is 1. The monoisotopic (exact) mass is 453 g/mol. The van der Waals surface area contributed by atoms with Gasteiger partial charge in [-0.15, -0.1) is 0 Å². The fourth-order valence-corrected chi connectivity index (χ4v) is 3.84. The van der Waals surface area contributed by atoms with Crippen LogP contribution in [0, 0.1) is 0 Å². The third-order valence-corrected chi connectivity index (χ3v) is 5.66. The molecule has 33 heavy (non-hydrogen) atoms. The van der Waals surface area contributed by atoms with Crippen LogP contribution in [0.5, 0.6) is 11.5 Å². The van der Waals surface area contributed by atoms with E-state index in [2.05, 4.69) is 15.5 Å². The molecule has 2 aromatic carbocycles. The minimum Gasteiger partial charge on any atom is -0.493 e. The lowest BCUT2D eigenvalue weighted by Crippen LogP contribution is -2.46. The third kappa shape index (κ3) is 7.32. The number of ether oxygens (including phenoxy) is 2. The lowest BCUT2D eigenvalue weighted by molar-refractivity contribution is -0.122. The Morgan fingerprint density at radius 1 is 0.909 bits per heavy atom. The van der Waals surface area contributed by atoms with Crippen molar-refractivity contribution in [2.45, 2.75) is 31.7 Å². The number of carbonyl (C=O) groups is 3. The molecule has 0 atom stereocenters. The Morgan fingerprint density at radius 3 is 2.27 bits per heavy atom. The molecular formula is C25H31N3O5. The minimum atomic E-state index is -0.135. The van der Waals surface area contributed by atoms with E-state index in [1.807, 2.05) is 30.3 Å². The van der Waals surface area contributed by atoms with E-state index < -0.39 is 0 Å². The van der Waals surface area contributed by atoms with Crippen LogP contribution in [-0.2, 0) is 9.59 Å². The maximum absolute atomic E-state index is 12.5. The van der Waals surface area contributed by atoms with E-state index in [9.17, 15) is 14.4 Å². The van der Waals surface area contributed by atoms with Crippen LogP contribution in [0.3, 0.4) is 0 Å². The zero-order chi connectivity index (χ0) is 23.6. The van der Waals surface area contributed by atoms with E-state index >= 15 is 0 Å². The van der Waals surface area contributed by atoms with E-state index in [1.165, 1.54) is 14.2 Å². The Labute approximate surface area is 194 Å². The number of benzene rings is 2. The highest BCUT2D eigenvalue weighted by Gasteiger charge is 2.22. The standard InChI is InChI=1S/C25H31N3O5/c1-32-22-10-8-18(16-23(22)33-2)21(29)9-11-24(30)26-20-12-14-28(15-13-20)17-25(31)27-19-6-4-3-5-7-19/h3-8,10,16,20H,9,11-15,17H2,1-2H3,(H,26,30)(H,27,31). The average Bonchev–Trinajstić information content (AvgIpc) is 2.83. The summed E-state index contributed by atoms with van der Waals surface area (Å²) in [4.78, 5) is 39.1. The normalized spacial score (nSPS) is 14.4. The first-order valence-corrected chi connectivity index (χ1v) is 11.1. The topological polar surface area (TPSA) is 97.0 Å². The first kappa shape index (κ1) is 24.3. The Bertz CT molecular complexity index is 956. The number of amides is 2. The highest BCUT2D eigenvalue weighted by Crippen LogP contribution is 2.28. The molecule has 8 nitrogen and oxygen atoms in total. The van der Waals surface area contributed by atoms with Crippen molar-refractivity contribution in [3.05, 3.63) is 54.1 Å². The van der Waals surface area contributed by atoms with E-state index in [4.69, 9.17) is 9.47 Å². The molecule has 2 aromatic rings. The van der Waals surface area contributed by atoms with Gasteiger partial charge in [-0.1, -0.05) is 18.2 Å². The summed E-state index contributed by atoms with van der Waals surface area (Å²) < 4.78 is 10.4. The number of nitrogens with one attached hydrogen (secondary N) is 2. The smallest absolute Gasteiger partial charge is 0.238 e. The van der Waals surface area contributed by atoms with Crippen LogP contribution in [0.15, 0.2) is 48.5 Å². The summed E-state index contributed by atoms with van der Waals surface area (Å²) in [6.07, 6.45) is 1.80. The molecule has 1 fully saturated rings. The number of Topliss-reactive ketones (excluding diaryl/α,β-unsaturated/α-hetero) is 1. The molecule has 0 unspecified atom stereocenters. The molecule has 8 heteroatoms. The summed E-state index contributed by atoms with van der Waals surface area (Å²) in [7, 11) is 3.05. The number of anilines is 1. The Hall–Kier alpha value is -3.39. The second-order valence-corrected chi connectivity index (χ2v) is 8.03. The average molecular weight is 454 g/mol. The molecule has 0 radical (unpaired) electrons. The fraction of sp³-hybridized carbons (Fsp3) is 0.400. The van der Waals surface area contributed by atoms with Crippen molar-refractivity contribution in [3.63, 3.8) is 0 Å². The molecule has 1 saturated heterocycles. The van der Waals surface area contributed by atoms with Crippen LogP contribution in [0.1, 0.15) is 36.0 Å². The first-order valence-electron chi connectivity index (χ1n) is 11.1. The van der Waals surface area contributed by atoms with Gasteiger partial charge in [0.05, 0.1) is 20.8 Å². The molecule has 1 aliphatic rings. The van der Waals surface area contributed by atoms with Crippen molar-refractivity contribution < 1.29 is 23.9 Å². The molecule has 2 amide bonds. The maximum Gasteiger partial charge on any atom is 0.238 e. The van der Waals surface area contributed by atoms with Crippen LogP contribution < -0.4 is 20.1 Å². The quantitative estimate of drug-likeness (QED) is 0.537. The highest BCUT2D eigenvalue weighted by molar-refractivity contribution is 5.98. The summed E-state index contributed by atoms with van der Waals surface area (Å²) >= 11 is 0. The van der Waals surface area contributed by atoms with Crippen molar-refractivity contribution in [1.29, 1.82) is 0 Å². The van der Waals surface area contributed by atoms with Gasteiger partial charge in [-0.25, -0.2) is 0 Å². The van der Waals surface area contributed by atoms with Crippen LogP contribution in [0.2, 0.25) is 0 Å². The number of carbonyl (C=O) groups excluding carboxylic acids is 3. The summed E-state index contributed by atoms with van der Waals surface area (Å²) in [5.41, 5.74) is 1.27. The summed E-state index contributed by atoms with van der Waals surface area (Å²) in [6, 6.07) is 14.4. The van der Waals surface area contributed by atoms with Crippen LogP contribution in [-0.4, -0.2) is 62.4 Å². The molecule has 2 N–H and O–H groups in total. The zero-order valence-corrected chi connectivity index (χ0v) is 19.1. The maximum atomic E-state index is 12.5. The van der Waals surface area contributed by atoms with Crippen molar-refractivity contribution in [2.75, 3.05) is 39.2 Å². The molecule has 0 saturated carbocycles. The summed E-state index contributed by atoms with van der Waals surface area (Å²) in [5, 5.41) is 5.91.